The first-order valence-electron chi connectivity index (χ1n) is 7.02. The number of nitrogens with zero attached hydrogens (tertiary/aromatic N) is 2. The zero-order valence-electron chi connectivity index (χ0n) is 12.4. The summed E-state index contributed by atoms with van der Waals surface area (Å²) in [4.78, 5) is 0. The van der Waals surface area contributed by atoms with Crippen molar-refractivity contribution in [3.63, 3.8) is 0 Å². The van der Waals surface area contributed by atoms with Gasteiger partial charge in [0.05, 0.1) is 12.8 Å². The molecule has 1 heterocycles. The van der Waals surface area contributed by atoms with Crippen LogP contribution in [0, 0.1) is 6.92 Å². The lowest BCUT2D eigenvalue weighted by atomic mass is 10.1. The molecule has 1 atom stereocenters. The molecule has 0 spiro atoms. The van der Waals surface area contributed by atoms with Gasteiger partial charge in [-0.15, -0.1) is 0 Å². The minimum atomic E-state index is 0.107. The summed E-state index contributed by atoms with van der Waals surface area (Å²) in [5.74, 6) is 0. The molecule has 2 aromatic rings. The highest BCUT2D eigenvalue weighted by atomic mass is 16.3. The second-order valence-corrected chi connectivity index (χ2v) is 5.21. The summed E-state index contributed by atoms with van der Waals surface area (Å²) in [5, 5.41) is 16.8. The Bertz CT molecular complexity index is 545. The van der Waals surface area contributed by atoms with Gasteiger partial charge in [-0.25, -0.2) is 0 Å². The zero-order chi connectivity index (χ0) is 14.5. The summed E-state index contributed by atoms with van der Waals surface area (Å²) in [6.07, 6.45) is 2.92. The molecule has 4 nitrogen and oxygen atoms in total. The molecule has 20 heavy (non-hydrogen) atoms. The Kier molecular flexibility index (Phi) is 4.93. The van der Waals surface area contributed by atoms with Gasteiger partial charge in [0.15, 0.2) is 0 Å². The third-order valence-corrected chi connectivity index (χ3v) is 3.81. The first-order chi connectivity index (χ1) is 9.61. The van der Waals surface area contributed by atoms with Crippen LogP contribution in [-0.2, 0) is 20.1 Å². The zero-order valence-corrected chi connectivity index (χ0v) is 12.4. The summed E-state index contributed by atoms with van der Waals surface area (Å²) in [6.45, 7) is 5.29. The van der Waals surface area contributed by atoms with Gasteiger partial charge in [-0.05, 0) is 37.9 Å². The normalized spacial score (nSPS) is 12.6. The number of hydrogen-bond acceptors (Lipinski definition) is 3. The molecule has 0 aliphatic carbocycles. The highest BCUT2D eigenvalue weighted by molar-refractivity contribution is 5.23. The molecule has 0 bridgehead atoms. The number of aliphatic hydroxyl groups excluding tert-OH is 1. The molecule has 1 aromatic carbocycles. The SMILES string of the molecule is Cc1c(C(C)NCCc2ccc(CO)cc2)cnn1C. The number of nitrogens with one attached hydrogen (secondary N) is 1. The van der Waals surface area contributed by atoms with Crippen LogP contribution in [0.1, 0.15) is 35.3 Å². The molecule has 108 valence electrons. The van der Waals surface area contributed by atoms with E-state index in [1.54, 1.807) is 0 Å². The van der Waals surface area contributed by atoms with Crippen LogP contribution >= 0.6 is 0 Å². The summed E-state index contributed by atoms with van der Waals surface area (Å²) < 4.78 is 1.90. The average molecular weight is 273 g/mol. The van der Waals surface area contributed by atoms with Crippen molar-refractivity contribution in [3.8, 4) is 0 Å². The maximum atomic E-state index is 9.01. The van der Waals surface area contributed by atoms with Gasteiger partial charge in [0.25, 0.3) is 0 Å². The molecule has 0 amide bonds. The molecule has 1 unspecified atom stereocenters. The predicted octanol–water partition coefficient (Wildman–Crippen LogP) is 2.11. The number of benzene rings is 1. The number of aryl methyl sites for hydroxylation is 1. The first kappa shape index (κ1) is 14.8. The van der Waals surface area contributed by atoms with Gasteiger partial charge in [-0.3, -0.25) is 4.68 Å². The van der Waals surface area contributed by atoms with Crippen molar-refractivity contribution in [1.82, 2.24) is 15.1 Å². The Morgan fingerprint density at radius 3 is 2.45 bits per heavy atom. The molecule has 2 rings (SSSR count). The number of hydrogen-bond donors (Lipinski definition) is 2. The van der Waals surface area contributed by atoms with Gasteiger partial charge >= 0.3 is 0 Å². The van der Waals surface area contributed by atoms with Gasteiger partial charge in [0, 0.05) is 24.3 Å². The Morgan fingerprint density at radius 2 is 1.90 bits per heavy atom. The fourth-order valence-electron chi connectivity index (χ4n) is 2.30. The second-order valence-electron chi connectivity index (χ2n) is 5.21. The highest BCUT2D eigenvalue weighted by Gasteiger charge is 2.10. The molecule has 0 radical (unpaired) electrons. The van der Waals surface area contributed by atoms with E-state index in [1.807, 2.05) is 30.1 Å². The van der Waals surface area contributed by atoms with Gasteiger partial charge in [-0.2, -0.15) is 5.10 Å². The molecule has 1 aromatic heterocycles. The largest absolute Gasteiger partial charge is 0.392 e. The first-order valence-corrected chi connectivity index (χ1v) is 7.02. The standard InChI is InChI=1S/C16H23N3O/c1-12(16-10-18-19(3)13(16)2)17-9-8-14-4-6-15(11-20)7-5-14/h4-7,10,12,17,20H,8-9,11H2,1-3H3. The van der Waals surface area contributed by atoms with Crippen LogP contribution in [0.25, 0.3) is 0 Å². The molecule has 0 fully saturated rings. The van der Waals surface area contributed by atoms with Gasteiger partial charge in [0.1, 0.15) is 0 Å². The molecule has 0 saturated heterocycles. The fraction of sp³-hybridized carbons (Fsp3) is 0.438. The Labute approximate surface area is 120 Å². The summed E-state index contributed by atoms with van der Waals surface area (Å²) in [7, 11) is 1.97. The van der Waals surface area contributed by atoms with E-state index >= 15 is 0 Å². The van der Waals surface area contributed by atoms with Crippen LogP contribution in [0.3, 0.4) is 0 Å². The molecular weight excluding hydrogens is 250 g/mol. The minimum absolute atomic E-state index is 0.107. The number of aliphatic hydroxyl groups is 1. The summed E-state index contributed by atoms with van der Waals surface area (Å²) >= 11 is 0. The van der Waals surface area contributed by atoms with E-state index in [0.717, 1.165) is 18.5 Å². The Hall–Kier alpha value is -1.65. The van der Waals surface area contributed by atoms with Crippen molar-refractivity contribution in [3.05, 3.63) is 52.8 Å². The van der Waals surface area contributed by atoms with Crippen molar-refractivity contribution in [2.24, 2.45) is 7.05 Å². The molecule has 4 heteroatoms. The molecule has 0 saturated carbocycles. The van der Waals surface area contributed by atoms with Crippen LogP contribution < -0.4 is 5.32 Å². The van der Waals surface area contributed by atoms with Crippen molar-refractivity contribution in [1.29, 1.82) is 0 Å². The van der Waals surface area contributed by atoms with Crippen molar-refractivity contribution >= 4 is 0 Å². The number of rotatable bonds is 6. The lowest BCUT2D eigenvalue weighted by molar-refractivity contribution is 0.282. The van der Waals surface area contributed by atoms with E-state index in [1.165, 1.54) is 16.8 Å². The van der Waals surface area contributed by atoms with E-state index in [2.05, 4.69) is 36.4 Å². The number of aromatic nitrogens is 2. The van der Waals surface area contributed by atoms with Crippen molar-refractivity contribution in [2.45, 2.75) is 32.9 Å². The quantitative estimate of drug-likeness (QED) is 0.847. The Morgan fingerprint density at radius 1 is 1.25 bits per heavy atom. The highest BCUT2D eigenvalue weighted by Crippen LogP contribution is 2.15. The maximum Gasteiger partial charge on any atom is 0.0681 e. The molecular formula is C16H23N3O. The van der Waals surface area contributed by atoms with Crippen molar-refractivity contribution in [2.75, 3.05) is 6.54 Å². The van der Waals surface area contributed by atoms with E-state index < -0.39 is 0 Å². The molecule has 0 aliphatic rings. The smallest absolute Gasteiger partial charge is 0.0681 e. The second kappa shape index (κ2) is 6.68. The lowest BCUT2D eigenvalue weighted by Gasteiger charge is -2.13. The molecule has 2 N–H and O–H groups in total. The van der Waals surface area contributed by atoms with E-state index in [4.69, 9.17) is 5.11 Å². The minimum Gasteiger partial charge on any atom is -0.392 e. The maximum absolute atomic E-state index is 9.01. The topological polar surface area (TPSA) is 50.1 Å². The van der Waals surface area contributed by atoms with Crippen molar-refractivity contribution < 1.29 is 5.11 Å². The van der Waals surface area contributed by atoms with Crippen LogP contribution in [0.15, 0.2) is 30.5 Å². The molecule has 0 aliphatic heterocycles. The lowest BCUT2D eigenvalue weighted by Crippen LogP contribution is -2.21. The van der Waals surface area contributed by atoms with E-state index in [-0.39, 0.29) is 6.61 Å². The third-order valence-electron chi connectivity index (χ3n) is 3.81. The van der Waals surface area contributed by atoms with Gasteiger partial charge in [-0.1, -0.05) is 24.3 Å². The summed E-state index contributed by atoms with van der Waals surface area (Å²) in [5.41, 5.74) is 4.70. The van der Waals surface area contributed by atoms with E-state index in [0.29, 0.717) is 6.04 Å². The van der Waals surface area contributed by atoms with Gasteiger partial charge < -0.3 is 10.4 Å². The third kappa shape index (κ3) is 3.46. The van der Waals surface area contributed by atoms with Crippen LogP contribution in [0.5, 0.6) is 0 Å². The average Bonchev–Trinajstić information content (AvgIpc) is 2.80. The Balaban J connectivity index is 1.84. The van der Waals surface area contributed by atoms with Crippen LogP contribution in [-0.4, -0.2) is 21.4 Å². The predicted molar refractivity (Wildman–Crippen MR) is 80.4 cm³/mol. The monoisotopic (exact) mass is 273 g/mol. The van der Waals surface area contributed by atoms with Crippen LogP contribution in [0.4, 0.5) is 0 Å². The fourth-order valence-corrected chi connectivity index (χ4v) is 2.30. The van der Waals surface area contributed by atoms with Crippen LogP contribution in [0.2, 0.25) is 0 Å². The van der Waals surface area contributed by atoms with E-state index in [9.17, 15) is 0 Å². The van der Waals surface area contributed by atoms with Gasteiger partial charge in [0.2, 0.25) is 0 Å². The summed E-state index contributed by atoms with van der Waals surface area (Å²) in [6, 6.07) is 8.41.